The van der Waals surface area contributed by atoms with Crippen LogP contribution in [0.5, 0.6) is 0 Å². The van der Waals surface area contributed by atoms with Crippen LogP contribution >= 0.6 is 0 Å². The molecule has 0 radical (unpaired) electrons. The fourth-order valence-electron chi connectivity index (χ4n) is 3.72. The zero-order chi connectivity index (χ0) is 14.5. The second kappa shape index (κ2) is 7.39. The fraction of sp³-hybridized carbons (Fsp3) is 0.667. The van der Waals surface area contributed by atoms with Gasteiger partial charge < -0.3 is 4.90 Å². The first-order chi connectivity index (χ1) is 10.3. The van der Waals surface area contributed by atoms with Gasteiger partial charge in [-0.3, -0.25) is 9.80 Å². The molecule has 2 aliphatic rings. The van der Waals surface area contributed by atoms with E-state index in [1.54, 1.807) is 0 Å². The van der Waals surface area contributed by atoms with Crippen LogP contribution in [0.4, 0.5) is 0 Å². The normalized spacial score (nSPS) is 24.0. The van der Waals surface area contributed by atoms with Gasteiger partial charge >= 0.3 is 0 Å². The van der Waals surface area contributed by atoms with Crippen molar-refractivity contribution in [3.63, 3.8) is 0 Å². The van der Waals surface area contributed by atoms with Gasteiger partial charge in [0.1, 0.15) is 0 Å². The van der Waals surface area contributed by atoms with Crippen molar-refractivity contribution in [3.8, 4) is 0 Å². The van der Waals surface area contributed by atoms with Gasteiger partial charge in [0, 0.05) is 25.7 Å². The Morgan fingerprint density at radius 1 is 0.905 bits per heavy atom. The third kappa shape index (κ3) is 4.29. The van der Waals surface area contributed by atoms with Crippen LogP contribution in [0.2, 0.25) is 0 Å². The summed E-state index contributed by atoms with van der Waals surface area (Å²) in [5, 5.41) is 0. The second-order valence-electron chi connectivity index (χ2n) is 6.69. The van der Waals surface area contributed by atoms with Crippen LogP contribution in [0.3, 0.4) is 0 Å². The molecule has 0 aromatic heterocycles. The van der Waals surface area contributed by atoms with Crippen molar-refractivity contribution < 1.29 is 0 Å². The molecule has 0 spiro atoms. The summed E-state index contributed by atoms with van der Waals surface area (Å²) in [6, 6.07) is 11.7. The predicted molar refractivity (Wildman–Crippen MR) is 88.4 cm³/mol. The number of benzene rings is 1. The smallest absolute Gasteiger partial charge is 0.0233 e. The molecule has 0 unspecified atom stereocenters. The van der Waals surface area contributed by atoms with Crippen LogP contribution in [0.15, 0.2) is 30.3 Å². The van der Waals surface area contributed by atoms with Gasteiger partial charge in [0.15, 0.2) is 0 Å². The maximum Gasteiger partial charge on any atom is 0.0233 e. The molecule has 116 valence electrons. The largest absolute Gasteiger partial charge is 0.305 e. The van der Waals surface area contributed by atoms with Gasteiger partial charge in [0.2, 0.25) is 0 Å². The lowest BCUT2D eigenvalue weighted by atomic mass is 10.0. The van der Waals surface area contributed by atoms with E-state index in [0.29, 0.717) is 0 Å². The Kier molecular flexibility index (Phi) is 5.28. The molecule has 0 N–H and O–H groups in total. The maximum absolute atomic E-state index is 2.75. The van der Waals surface area contributed by atoms with Gasteiger partial charge in [-0.2, -0.15) is 0 Å². The van der Waals surface area contributed by atoms with E-state index in [9.17, 15) is 0 Å². The number of rotatable bonds is 3. The molecule has 0 amide bonds. The lowest BCUT2D eigenvalue weighted by molar-refractivity contribution is 0.107. The Morgan fingerprint density at radius 2 is 1.67 bits per heavy atom. The monoisotopic (exact) mass is 287 g/mol. The van der Waals surface area contributed by atoms with E-state index < -0.39 is 0 Å². The molecule has 21 heavy (non-hydrogen) atoms. The summed E-state index contributed by atoms with van der Waals surface area (Å²) >= 11 is 0. The van der Waals surface area contributed by atoms with Crippen molar-refractivity contribution in [3.05, 3.63) is 35.9 Å². The van der Waals surface area contributed by atoms with E-state index in [1.807, 2.05) is 0 Å². The lowest BCUT2D eigenvalue weighted by Crippen LogP contribution is -2.45. The third-order valence-electron chi connectivity index (χ3n) is 5.08. The first kappa shape index (κ1) is 15.0. The molecule has 0 atom stereocenters. The van der Waals surface area contributed by atoms with Crippen molar-refractivity contribution in [1.29, 1.82) is 0 Å². The van der Waals surface area contributed by atoms with Crippen molar-refractivity contribution >= 4 is 0 Å². The van der Waals surface area contributed by atoms with E-state index in [2.05, 4.69) is 52.1 Å². The average molecular weight is 287 g/mol. The molecule has 1 aromatic carbocycles. The topological polar surface area (TPSA) is 9.72 Å². The van der Waals surface area contributed by atoms with Crippen LogP contribution in [-0.2, 0) is 6.54 Å². The standard InChI is InChI=1S/C18H29N3/c1-19-10-5-11-21(15-14-19)18-8-12-20(13-9-18)16-17-6-3-2-4-7-17/h2-4,6-7,18H,5,8-16H2,1H3. The Hall–Kier alpha value is -0.900. The zero-order valence-electron chi connectivity index (χ0n) is 13.4. The van der Waals surface area contributed by atoms with Crippen LogP contribution in [0.1, 0.15) is 24.8 Å². The number of nitrogens with zero attached hydrogens (tertiary/aromatic N) is 3. The van der Waals surface area contributed by atoms with Crippen molar-refractivity contribution in [2.75, 3.05) is 46.3 Å². The predicted octanol–water partition coefficient (Wildman–Crippen LogP) is 2.29. The molecule has 3 nitrogen and oxygen atoms in total. The fourth-order valence-corrected chi connectivity index (χ4v) is 3.72. The van der Waals surface area contributed by atoms with Gasteiger partial charge in [-0.05, 0) is 58.1 Å². The molecule has 3 heteroatoms. The zero-order valence-corrected chi connectivity index (χ0v) is 13.4. The highest BCUT2D eigenvalue weighted by atomic mass is 15.2. The Labute approximate surface area is 129 Å². The summed E-state index contributed by atoms with van der Waals surface area (Å²) in [6.07, 6.45) is 4.02. The molecule has 2 saturated heterocycles. The minimum atomic E-state index is 0.823. The van der Waals surface area contributed by atoms with E-state index in [0.717, 1.165) is 12.6 Å². The molecule has 2 heterocycles. The van der Waals surface area contributed by atoms with E-state index in [1.165, 1.54) is 64.1 Å². The van der Waals surface area contributed by atoms with Crippen molar-refractivity contribution in [2.24, 2.45) is 0 Å². The maximum atomic E-state index is 2.75. The number of hydrogen-bond donors (Lipinski definition) is 0. The molecule has 2 fully saturated rings. The van der Waals surface area contributed by atoms with Gasteiger partial charge in [-0.25, -0.2) is 0 Å². The highest BCUT2D eigenvalue weighted by molar-refractivity contribution is 5.14. The third-order valence-corrected chi connectivity index (χ3v) is 5.08. The van der Waals surface area contributed by atoms with Gasteiger partial charge in [-0.15, -0.1) is 0 Å². The van der Waals surface area contributed by atoms with Gasteiger partial charge in [-0.1, -0.05) is 30.3 Å². The summed E-state index contributed by atoms with van der Waals surface area (Å²) in [4.78, 5) is 7.85. The molecular formula is C18H29N3. The first-order valence-corrected chi connectivity index (χ1v) is 8.50. The molecule has 0 aliphatic carbocycles. The van der Waals surface area contributed by atoms with Crippen molar-refractivity contribution in [2.45, 2.75) is 31.8 Å². The average Bonchev–Trinajstić information content (AvgIpc) is 2.74. The van der Waals surface area contributed by atoms with E-state index in [-0.39, 0.29) is 0 Å². The Bertz CT molecular complexity index is 412. The van der Waals surface area contributed by atoms with Crippen LogP contribution in [-0.4, -0.2) is 67.1 Å². The quantitative estimate of drug-likeness (QED) is 0.844. The highest BCUT2D eigenvalue weighted by Gasteiger charge is 2.25. The summed E-state index contributed by atoms with van der Waals surface area (Å²) in [5.74, 6) is 0. The number of hydrogen-bond acceptors (Lipinski definition) is 3. The number of likely N-dealkylation sites (N-methyl/N-ethyl adjacent to an activating group) is 1. The molecule has 1 aromatic rings. The van der Waals surface area contributed by atoms with Crippen molar-refractivity contribution in [1.82, 2.24) is 14.7 Å². The van der Waals surface area contributed by atoms with E-state index in [4.69, 9.17) is 0 Å². The molecule has 3 rings (SSSR count). The minimum absolute atomic E-state index is 0.823. The molecule has 0 bridgehead atoms. The molecule has 0 saturated carbocycles. The SMILES string of the molecule is CN1CCCN(C2CCN(Cc3ccccc3)CC2)CC1. The summed E-state index contributed by atoms with van der Waals surface area (Å²) in [6.45, 7) is 8.70. The minimum Gasteiger partial charge on any atom is -0.305 e. The summed E-state index contributed by atoms with van der Waals surface area (Å²) in [5.41, 5.74) is 1.45. The molecular weight excluding hydrogens is 258 g/mol. The van der Waals surface area contributed by atoms with Crippen LogP contribution in [0.25, 0.3) is 0 Å². The Morgan fingerprint density at radius 3 is 2.43 bits per heavy atom. The number of piperidine rings is 1. The first-order valence-electron chi connectivity index (χ1n) is 8.50. The summed E-state index contributed by atoms with van der Waals surface area (Å²) < 4.78 is 0. The van der Waals surface area contributed by atoms with Gasteiger partial charge in [0.25, 0.3) is 0 Å². The molecule has 2 aliphatic heterocycles. The second-order valence-corrected chi connectivity index (χ2v) is 6.69. The highest BCUT2D eigenvalue weighted by Crippen LogP contribution is 2.19. The van der Waals surface area contributed by atoms with Crippen LogP contribution in [0, 0.1) is 0 Å². The van der Waals surface area contributed by atoms with Gasteiger partial charge in [0.05, 0.1) is 0 Å². The Balaban J connectivity index is 1.46. The van der Waals surface area contributed by atoms with E-state index >= 15 is 0 Å². The summed E-state index contributed by atoms with van der Waals surface area (Å²) in [7, 11) is 2.26. The lowest BCUT2D eigenvalue weighted by Gasteiger charge is -2.38. The number of likely N-dealkylation sites (tertiary alicyclic amines) is 1. The van der Waals surface area contributed by atoms with Crippen LogP contribution < -0.4 is 0 Å².